The van der Waals surface area contributed by atoms with Crippen molar-refractivity contribution in [1.29, 1.82) is 0 Å². The number of ether oxygens (including phenoxy) is 1. The lowest BCUT2D eigenvalue weighted by Crippen LogP contribution is -2.06. The van der Waals surface area contributed by atoms with Gasteiger partial charge in [-0.2, -0.15) is 0 Å². The summed E-state index contributed by atoms with van der Waals surface area (Å²) in [5, 5.41) is 9.06. The van der Waals surface area contributed by atoms with Crippen LogP contribution in [0.1, 0.15) is 27.0 Å². The van der Waals surface area contributed by atoms with Crippen molar-refractivity contribution in [3.05, 3.63) is 64.5 Å². The average Bonchev–Trinajstić information content (AvgIpc) is 2.38. The molecule has 2 aromatic carbocycles. The van der Waals surface area contributed by atoms with Crippen LogP contribution in [0.2, 0.25) is 0 Å². The Hall–Kier alpha value is -2.36. The number of benzene rings is 2. The minimum Gasteiger partial charge on any atom is -0.489 e. The standard InChI is InChI=1S/C16H15FO3/c1-10-3-6-15(11(2)7-10)20-9-12-4-5-13(17)8-14(12)16(18)19/h3-8H,9H2,1-2H3,(H,18,19). The first kappa shape index (κ1) is 14.1. The van der Waals surface area contributed by atoms with Gasteiger partial charge in [-0.15, -0.1) is 0 Å². The Balaban J connectivity index is 2.20. The van der Waals surface area contributed by atoms with Gasteiger partial charge in [-0.25, -0.2) is 9.18 Å². The summed E-state index contributed by atoms with van der Waals surface area (Å²) in [6, 6.07) is 9.41. The molecule has 2 aromatic rings. The van der Waals surface area contributed by atoms with Crippen LogP contribution in [-0.2, 0) is 6.61 Å². The predicted octanol–water partition coefficient (Wildman–Crippen LogP) is 3.72. The highest BCUT2D eigenvalue weighted by Gasteiger charge is 2.12. The van der Waals surface area contributed by atoms with Crippen molar-refractivity contribution in [2.45, 2.75) is 20.5 Å². The van der Waals surface area contributed by atoms with Crippen LogP contribution >= 0.6 is 0 Å². The molecule has 0 bridgehead atoms. The summed E-state index contributed by atoms with van der Waals surface area (Å²) in [6.07, 6.45) is 0. The van der Waals surface area contributed by atoms with Crippen molar-refractivity contribution in [1.82, 2.24) is 0 Å². The van der Waals surface area contributed by atoms with E-state index in [1.807, 2.05) is 32.0 Å². The van der Waals surface area contributed by atoms with Crippen LogP contribution in [0.15, 0.2) is 36.4 Å². The Bertz CT molecular complexity index is 650. The maximum atomic E-state index is 13.1. The predicted molar refractivity (Wildman–Crippen MR) is 73.6 cm³/mol. The number of carboxylic acid groups (broad SMARTS) is 1. The summed E-state index contributed by atoms with van der Waals surface area (Å²) in [7, 11) is 0. The van der Waals surface area contributed by atoms with E-state index in [1.54, 1.807) is 0 Å². The van der Waals surface area contributed by atoms with Gasteiger partial charge >= 0.3 is 5.97 Å². The van der Waals surface area contributed by atoms with Crippen LogP contribution in [0.25, 0.3) is 0 Å². The smallest absolute Gasteiger partial charge is 0.336 e. The number of hydrogen-bond acceptors (Lipinski definition) is 2. The van der Waals surface area contributed by atoms with Crippen molar-refractivity contribution >= 4 is 5.97 Å². The zero-order valence-corrected chi connectivity index (χ0v) is 11.3. The van der Waals surface area contributed by atoms with Crippen molar-refractivity contribution in [3.63, 3.8) is 0 Å². The second kappa shape index (κ2) is 5.74. The van der Waals surface area contributed by atoms with Gasteiger partial charge in [0, 0.05) is 5.56 Å². The molecule has 20 heavy (non-hydrogen) atoms. The molecule has 0 aliphatic rings. The van der Waals surface area contributed by atoms with E-state index < -0.39 is 11.8 Å². The molecule has 0 unspecified atom stereocenters. The summed E-state index contributed by atoms with van der Waals surface area (Å²) in [5.41, 5.74) is 2.47. The Labute approximate surface area is 116 Å². The van der Waals surface area contributed by atoms with Crippen LogP contribution < -0.4 is 4.74 Å². The van der Waals surface area contributed by atoms with E-state index in [0.717, 1.165) is 17.2 Å². The van der Waals surface area contributed by atoms with Crippen LogP contribution in [-0.4, -0.2) is 11.1 Å². The SMILES string of the molecule is Cc1ccc(OCc2ccc(F)cc2C(=O)O)c(C)c1. The first-order valence-corrected chi connectivity index (χ1v) is 6.19. The van der Waals surface area contributed by atoms with Gasteiger partial charge in [0.25, 0.3) is 0 Å². The van der Waals surface area contributed by atoms with E-state index in [1.165, 1.54) is 12.1 Å². The van der Waals surface area contributed by atoms with Gasteiger partial charge in [0.2, 0.25) is 0 Å². The van der Waals surface area contributed by atoms with E-state index in [4.69, 9.17) is 9.84 Å². The molecule has 0 heterocycles. The van der Waals surface area contributed by atoms with Gasteiger partial charge in [-0.3, -0.25) is 0 Å². The van der Waals surface area contributed by atoms with Crippen LogP contribution in [0.5, 0.6) is 5.75 Å². The number of carboxylic acids is 1. The molecule has 2 rings (SSSR count). The highest BCUT2D eigenvalue weighted by Crippen LogP contribution is 2.21. The van der Waals surface area contributed by atoms with Crippen LogP contribution in [0, 0.1) is 19.7 Å². The number of hydrogen-bond donors (Lipinski definition) is 1. The minimum absolute atomic E-state index is 0.0743. The molecule has 0 spiro atoms. The first-order valence-electron chi connectivity index (χ1n) is 6.19. The molecule has 0 radical (unpaired) electrons. The molecule has 0 aromatic heterocycles. The fraction of sp³-hybridized carbons (Fsp3) is 0.188. The van der Waals surface area contributed by atoms with Crippen LogP contribution in [0.4, 0.5) is 4.39 Å². The topological polar surface area (TPSA) is 46.5 Å². The molecule has 3 nitrogen and oxygen atoms in total. The molecule has 104 valence electrons. The Morgan fingerprint density at radius 1 is 1.20 bits per heavy atom. The van der Waals surface area contributed by atoms with Crippen molar-refractivity contribution in [3.8, 4) is 5.75 Å². The Morgan fingerprint density at radius 3 is 2.60 bits per heavy atom. The molecule has 0 saturated heterocycles. The molecule has 0 saturated carbocycles. The summed E-state index contributed by atoms with van der Waals surface area (Å²) < 4.78 is 18.7. The summed E-state index contributed by atoms with van der Waals surface area (Å²) >= 11 is 0. The van der Waals surface area contributed by atoms with Crippen molar-refractivity contribution in [2.75, 3.05) is 0 Å². The largest absolute Gasteiger partial charge is 0.489 e. The third kappa shape index (κ3) is 3.15. The van der Waals surface area contributed by atoms with Gasteiger partial charge in [-0.05, 0) is 37.6 Å². The average molecular weight is 274 g/mol. The fourth-order valence-corrected chi connectivity index (χ4v) is 1.99. The second-order valence-corrected chi connectivity index (χ2v) is 4.66. The van der Waals surface area contributed by atoms with Gasteiger partial charge in [0.1, 0.15) is 18.2 Å². The maximum absolute atomic E-state index is 13.1. The second-order valence-electron chi connectivity index (χ2n) is 4.66. The Kier molecular flexibility index (Phi) is 4.03. The maximum Gasteiger partial charge on any atom is 0.336 e. The third-order valence-electron chi connectivity index (χ3n) is 3.02. The number of halogens is 1. The number of rotatable bonds is 4. The van der Waals surface area contributed by atoms with E-state index in [9.17, 15) is 9.18 Å². The normalized spacial score (nSPS) is 10.3. The lowest BCUT2D eigenvalue weighted by Gasteiger charge is -2.11. The van der Waals surface area contributed by atoms with Gasteiger partial charge in [-0.1, -0.05) is 23.8 Å². The first-order chi connectivity index (χ1) is 9.47. The summed E-state index contributed by atoms with van der Waals surface area (Å²) in [6.45, 7) is 4.00. The minimum atomic E-state index is -1.16. The molecule has 4 heteroatoms. The molecule has 0 amide bonds. The lowest BCUT2D eigenvalue weighted by atomic mass is 10.1. The Morgan fingerprint density at radius 2 is 1.95 bits per heavy atom. The summed E-state index contributed by atoms with van der Waals surface area (Å²) in [5.74, 6) is -1.04. The third-order valence-corrected chi connectivity index (χ3v) is 3.02. The van der Waals surface area contributed by atoms with Crippen LogP contribution in [0.3, 0.4) is 0 Å². The van der Waals surface area contributed by atoms with Gasteiger partial charge in [0.15, 0.2) is 0 Å². The number of aromatic carboxylic acids is 1. The quantitative estimate of drug-likeness (QED) is 0.924. The fourth-order valence-electron chi connectivity index (χ4n) is 1.99. The molecule has 0 atom stereocenters. The van der Waals surface area contributed by atoms with E-state index in [2.05, 4.69) is 0 Å². The molecule has 0 aliphatic heterocycles. The van der Waals surface area contributed by atoms with E-state index in [-0.39, 0.29) is 12.2 Å². The van der Waals surface area contributed by atoms with Gasteiger partial charge < -0.3 is 9.84 Å². The molecular formula is C16H15FO3. The zero-order chi connectivity index (χ0) is 14.7. The molecule has 1 N–H and O–H groups in total. The highest BCUT2D eigenvalue weighted by atomic mass is 19.1. The van der Waals surface area contributed by atoms with E-state index in [0.29, 0.717) is 11.3 Å². The van der Waals surface area contributed by atoms with Gasteiger partial charge in [0.05, 0.1) is 5.56 Å². The highest BCUT2D eigenvalue weighted by molar-refractivity contribution is 5.89. The molecule has 0 fully saturated rings. The molecule has 0 aliphatic carbocycles. The molecular weight excluding hydrogens is 259 g/mol. The monoisotopic (exact) mass is 274 g/mol. The summed E-state index contributed by atoms with van der Waals surface area (Å²) in [4.78, 5) is 11.1. The number of aryl methyl sites for hydroxylation is 2. The van der Waals surface area contributed by atoms with Crippen molar-refractivity contribution in [2.24, 2.45) is 0 Å². The lowest BCUT2D eigenvalue weighted by molar-refractivity contribution is 0.0693. The van der Waals surface area contributed by atoms with Crippen molar-refractivity contribution < 1.29 is 19.0 Å². The zero-order valence-electron chi connectivity index (χ0n) is 11.3. The number of carbonyl (C=O) groups is 1. The van der Waals surface area contributed by atoms with E-state index >= 15 is 0 Å².